The summed E-state index contributed by atoms with van der Waals surface area (Å²) in [5.41, 5.74) is 4.00. The highest BCUT2D eigenvalue weighted by atomic mass is 16.3. The van der Waals surface area contributed by atoms with Gasteiger partial charge >= 0.3 is 0 Å². The molecule has 0 saturated carbocycles. The van der Waals surface area contributed by atoms with Crippen LogP contribution in [-0.2, 0) is 0 Å². The van der Waals surface area contributed by atoms with Gasteiger partial charge in [0.15, 0.2) is 0 Å². The van der Waals surface area contributed by atoms with Crippen molar-refractivity contribution in [3.05, 3.63) is 97.1 Å². The monoisotopic (exact) mass is 359 g/mol. The maximum atomic E-state index is 6.11. The van der Waals surface area contributed by atoms with E-state index in [0.717, 1.165) is 33.3 Å². The summed E-state index contributed by atoms with van der Waals surface area (Å²) in [6.07, 6.45) is 0. The molecule has 0 saturated heterocycles. The first-order valence-corrected chi connectivity index (χ1v) is 9.45. The van der Waals surface area contributed by atoms with E-state index < -0.39 is 0 Å². The fraction of sp³-hybridized carbons (Fsp3) is 0. The lowest BCUT2D eigenvalue weighted by atomic mass is 10.1. The Hall–Kier alpha value is -3.78. The van der Waals surface area contributed by atoms with Crippen LogP contribution in [0, 0.1) is 0 Å². The zero-order valence-electron chi connectivity index (χ0n) is 15.1. The van der Waals surface area contributed by atoms with E-state index in [2.05, 4.69) is 96.3 Å². The van der Waals surface area contributed by atoms with Gasteiger partial charge in [-0.2, -0.15) is 0 Å². The number of fused-ring (bicyclic) bond motifs is 5. The highest BCUT2D eigenvalue weighted by molar-refractivity contribution is 6.11. The van der Waals surface area contributed by atoms with Crippen molar-refractivity contribution in [3.63, 3.8) is 0 Å². The second kappa shape index (κ2) is 5.86. The van der Waals surface area contributed by atoms with E-state index in [1.807, 2.05) is 6.07 Å². The zero-order valence-corrected chi connectivity index (χ0v) is 15.1. The Morgan fingerprint density at radius 3 is 2.11 bits per heavy atom. The van der Waals surface area contributed by atoms with Gasteiger partial charge in [0.2, 0.25) is 0 Å². The highest BCUT2D eigenvalue weighted by Gasteiger charge is 2.10. The van der Waals surface area contributed by atoms with Gasteiger partial charge in [-0.25, -0.2) is 0 Å². The summed E-state index contributed by atoms with van der Waals surface area (Å²) in [4.78, 5) is 0. The highest BCUT2D eigenvalue weighted by Crippen LogP contribution is 2.35. The van der Waals surface area contributed by atoms with E-state index in [0.29, 0.717) is 0 Å². The van der Waals surface area contributed by atoms with Crippen molar-refractivity contribution in [2.75, 3.05) is 5.32 Å². The number of rotatable bonds is 2. The number of furan rings is 1. The molecule has 0 unspecified atom stereocenters. The molecule has 0 radical (unpaired) electrons. The molecule has 0 aliphatic heterocycles. The first-order valence-electron chi connectivity index (χ1n) is 9.45. The van der Waals surface area contributed by atoms with Crippen molar-refractivity contribution in [1.29, 1.82) is 0 Å². The Kier molecular flexibility index (Phi) is 3.20. The third-order valence-electron chi connectivity index (χ3n) is 5.41. The first kappa shape index (κ1) is 15.3. The molecule has 2 heteroatoms. The van der Waals surface area contributed by atoms with Crippen molar-refractivity contribution in [1.82, 2.24) is 0 Å². The summed E-state index contributed by atoms with van der Waals surface area (Å²) in [7, 11) is 0. The van der Waals surface area contributed by atoms with E-state index in [1.54, 1.807) is 0 Å². The van der Waals surface area contributed by atoms with Crippen molar-refractivity contribution in [2.45, 2.75) is 0 Å². The Labute approximate surface area is 162 Å². The maximum Gasteiger partial charge on any atom is 0.136 e. The molecule has 5 aromatic carbocycles. The normalized spacial score (nSPS) is 11.6. The maximum absolute atomic E-state index is 6.11. The Morgan fingerprint density at radius 2 is 1.21 bits per heavy atom. The molecule has 2 nitrogen and oxygen atoms in total. The molecule has 1 N–H and O–H groups in total. The smallest absolute Gasteiger partial charge is 0.136 e. The summed E-state index contributed by atoms with van der Waals surface area (Å²) in [5, 5.41) is 10.7. The molecule has 0 aliphatic carbocycles. The van der Waals surface area contributed by atoms with E-state index in [-0.39, 0.29) is 0 Å². The minimum atomic E-state index is 0.911. The molecule has 0 aliphatic rings. The summed E-state index contributed by atoms with van der Waals surface area (Å²) in [5.74, 6) is 0. The van der Waals surface area contributed by atoms with Crippen LogP contribution in [-0.4, -0.2) is 0 Å². The molecule has 1 heterocycles. The van der Waals surface area contributed by atoms with Gasteiger partial charge in [0.05, 0.1) is 0 Å². The minimum Gasteiger partial charge on any atom is -0.456 e. The molecular weight excluding hydrogens is 342 g/mol. The van der Waals surface area contributed by atoms with E-state index in [9.17, 15) is 0 Å². The number of anilines is 2. The molecular formula is C26H17NO. The number of hydrogen-bond acceptors (Lipinski definition) is 2. The summed E-state index contributed by atoms with van der Waals surface area (Å²) in [6, 6.07) is 33.8. The van der Waals surface area contributed by atoms with Crippen molar-refractivity contribution < 1.29 is 4.42 Å². The van der Waals surface area contributed by atoms with Gasteiger partial charge in [0, 0.05) is 27.5 Å². The largest absolute Gasteiger partial charge is 0.456 e. The molecule has 6 aromatic rings. The topological polar surface area (TPSA) is 25.2 Å². The quantitative estimate of drug-likeness (QED) is 0.344. The lowest BCUT2D eigenvalue weighted by Crippen LogP contribution is -1.91. The Balaban J connectivity index is 1.52. The molecule has 6 rings (SSSR count). The second-order valence-corrected chi connectivity index (χ2v) is 7.16. The molecule has 132 valence electrons. The summed E-state index contributed by atoms with van der Waals surface area (Å²) >= 11 is 0. The van der Waals surface area contributed by atoms with Crippen LogP contribution < -0.4 is 5.32 Å². The van der Waals surface area contributed by atoms with Crippen LogP contribution >= 0.6 is 0 Å². The first-order chi connectivity index (χ1) is 13.8. The van der Waals surface area contributed by atoms with E-state index in [4.69, 9.17) is 4.42 Å². The van der Waals surface area contributed by atoms with Crippen LogP contribution in [0.25, 0.3) is 43.5 Å². The van der Waals surface area contributed by atoms with Crippen molar-refractivity contribution >= 4 is 54.9 Å². The molecule has 1 aromatic heterocycles. The Morgan fingerprint density at radius 1 is 0.500 bits per heavy atom. The zero-order chi connectivity index (χ0) is 18.5. The van der Waals surface area contributed by atoms with Gasteiger partial charge in [-0.1, -0.05) is 60.7 Å². The standard InChI is InChI=1S/C26H17NO/c1-2-8-19-15-26-22(14-18(19)7-1)23-16-20(12-13-25(23)28-26)27-24-11-5-9-17-6-3-4-10-21(17)24/h1-16,27H. The van der Waals surface area contributed by atoms with Crippen molar-refractivity contribution in [2.24, 2.45) is 0 Å². The number of benzene rings is 5. The molecule has 28 heavy (non-hydrogen) atoms. The van der Waals surface area contributed by atoms with Crippen LogP contribution in [0.5, 0.6) is 0 Å². The predicted octanol–water partition coefficient (Wildman–Crippen LogP) is 7.64. The van der Waals surface area contributed by atoms with Gasteiger partial charge < -0.3 is 9.73 Å². The van der Waals surface area contributed by atoms with Crippen LogP contribution in [0.2, 0.25) is 0 Å². The average Bonchev–Trinajstić information content (AvgIpc) is 3.09. The van der Waals surface area contributed by atoms with Crippen LogP contribution in [0.3, 0.4) is 0 Å². The van der Waals surface area contributed by atoms with Crippen LogP contribution in [0.15, 0.2) is 101 Å². The Bertz CT molecular complexity index is 1490. The predicted molar refractivity (Wildman–Crippen MR) is 118 cm³/mol. The third kappa shape index (κ3) is 2.35. The van der Waals surface area contributed by atoms with Crippen LogP contribution in [0.4, 0.5) is 11.4 Å². The third-order valence-corrected chi connectivity index (χ3v) is 5.41. The van der Waals surface area contributed by atoms with Gasteiger partial charge in [-0.3, -0.25) is 0 Å². The SMILES string of the molecule is c1ccc2cc3c(cc2c1)oc1ccc(Nc2cccc4ccccc24)cc13. The molecule has 0 spiro atoms. The van der Waals surface area contributed by atoms with Gasteiger partial charge in [0.25, 0.3) is 0 Å². The summed E-state index contributed by atoms with van der Waals surface area (Å²) in [6.45, 7) is 0. The van der Waals surface area contributed by atoms with Crippen LogP contribution in [0.1, 0.15) is 0 Å². The van der Waals surface area contributed by atoms with Crippen molar-refractivity contribution in [3.8, 4) is 0 Å². The number of hydrogen-bond donors (Lipinski definition) is 1. The second-order valence-electron chi connectivity index (χ2n) is 7.16. The molecule has 0 amide bonds. The average molecular weight is 359 g/mol. The van der Waals surface area contributed by atoms with E-state index >= 15 is 0 Å². The minimum absolute atomic E-state index is 0.911. The molecule has 0 bridgehead atoms. The lowest BCUT2D eigenvalue weighted by molar-refractivity contribution is 0.669. The van der Waals surface area contributed by atoms with Gasteiger partial charge in [-0.05, 0) is 52.6 Å². The molecule has 0 atom stereocenters. The summed E-state index contributed by atoms with van der Waals surface area (Å²) < 4.78 is 6.11. The van der Waals surface area contributed by atoms with Gasteiger partial charge in [-0.15, -0.1) is 0 Å². The fourth-order valence-corrected chi connectivity index (χ4v) is 4.03. The molecule has 0 fully saturated rings. The lowest BCUT2D eigenvalue weighted by Gasteiger charge is -2.10. The van der Waals surface area contributed by atoms with Gasteiger partial charge in [0.1, 0.15) is 11.2 Å². The number of nitrogens with one attached hydrogen (secondary N) is 1. The fourth-order valence-electron chi connectivity index (χ4n) is 4.03. The van der Waals surface area contributed by atoms with E-state index in [1.165, 1.54) is 21.5 Å².